The molecule has 0 radical (unpaired) electrons. The lowest BCUT2D eigenvalue weighted by molar-refractivity contribution is -0.117. The Labute approximate surface area is 166 Å². The second kappa shape index (κ2) is 17.5. The molecule has 0 aromatic carbocycles. The lowest BCUT2D eigenvalue weighted by Gasteiger charge is -2.22. The summed E-state index contributed by atoms with van der Waals surface area (Å²) in [5.41, 5.74) is -0.825. The van der Waals surface area contributed by atoms with Crippen LogP contribution in [0.4, 0.5) is 0 Å². The number of carbonyl (C=O) groups is 1. The van der Waals surface area contributed by atoms with Crippen LogP contribution in [0.2, 0.25) is 0 Å². The van der Waals surface area contributed by atoms with Crippen LogP contribution < -0.4 is 5.32 Å². The molecule has 0 aromatic rings. The molecule has 27 heavy (non-hydrogen) atoms. The van der Waals surface area contributed by atoms with Crippen molar-refractivity contribution in [3.05, 3.63) is 60.8 Å². The molecule has 3 heteroatoms. The second-order valence-electron chi connectivity index (χ2n) is 7.07. The van der Waals surface area contributed by atoms with E-state index in [1.165, 1.54) is 12.8 Å². The van der Waals surface area contributed by atoms with Gasteiger partial charge in [0.05, 0.1) is 5.60 Å². The third-order valence-corrected chi connectivity index (χ3v) is 4.03. The molecule has 0 aliphatic carbocycles. The molecular formula is C24H39NO2. The highest BCUT2D eigenvalue weighted by Crippen LogP contribution is 2.12. The Morgan fingerprint density at radius 2 is 1.41 bits per heavy atom. The number of hydrogen-bond acceptors (Lipinski definition) is 2. The highest BCUT2D eigenvalue weighted by molar-refractivity contribution is 5.87. The Bertz CT molecular complexity index is 510. The molecule has 0 aliphatic heterocycles. The van der Waals surface area contributed by atoms with Crippen LogP contribution in [0, 0.1) is 0 Å². The molecule has 0 saturated carbocycles. The molecule has 0 aliphatic rings. The van der Waals surface area contributed by atoms with Crippen molar-refractivity contribution in [1.82, 2.24) is 5.32 Å². The molecule has 152 valence electrons. The Morgan fingerprint density at radius 1 is 0.852 bits per heavy atom. The predicted octanol–water partition coefficient (Wildman–Crippen LogP) is 5.80. The summed E-state index contributed by atoms with van der Waals surface area (Å²) in [5.74, 6) is -0.146. The zero-order valence-electron chi connectivity index (χ0n) is 17.5. The summed E-state index contributed by atoms with van der Waals surface area (Å²) in [4.78, 5) is 11.7. The van der Waals surface area contributed by atoms with Gasteiger partial charge in [-0.25, -0.2) is 0 Å². The van der Waals surface area contributed by atoms with E-state index in [-0.39, 0.29) is 5.91 Å². The van der Waals surface area contributed by atoms with E-state index < -0.39 is 5.60 Å². The van der Waals surface area contributed by atoms with Gasteiger partial charge in [0, 0.05) is 6.54 Å². The Balaban J connectivity index is 3.82. The van der Waals surface area contributed by atoms with E-state index in [4.69, 9.17) is 0 Å². The van der Waals surface area contributed by atoms with Crippen molar-refractivity contribution in [3.63, 3.8) is 0 Å². The number of hydrogen-bond donors (Lipinski definition) is 2. The first-order valence-corrected chi connectivity index (χ1v) is 10.3. The van der Waals surface area contributed by atoms with Crippen LogP contribution in [0.5, 0.6) is 0 Å². The van der Waals surface area contributed by atoms with E-state index in [0.29, 0.717) is 13.0 Å². The number of rotatable bonds is 15. The summed E-state index contributed by atoms with van der Waals surface area (Å²) < 4.78 is 0. The quantitative estimate of drug-likeness (QED) is 0.217. The molecule has 0 aromatic heterocycles. The van der Waals surface area contributed by atoms with Gasteiger partial charge in [0.2, 0.25) is 5.91 Å². The van der Waals surface area contributed by atoms with Crippen LogP contribution in [0.1, 0.15) is 72.1 Å². The molecule has 1 atom stereocenters. The summed E-state index contributed by atoms with van der Waals surface area (Å²) in [5, 5.41) is 12.9. The first kappa shape index (κ1) is 25.1. The zero-order valence-corrected chi connectivity index (χ0v) is 17.5. The van der Waals surface area contributed by atoms with Gasteiger partial charge in [-0.05, 0) is 38.7 Å². The van der Waals surface area contributed by atoms with Crippen molar-refractivity contribution >= 4 is 5.91 Å². The fourth-order valence-electron chi connectivity index (χ4n) is 2.29. The summed E-state index contributed by atoms with van der Waals surface area (Å²) in [6.45, 7) is 6.35. The third-order valence-electron chi connectivity index (χ3n) is 4.03. The molecule has 0 rings (SSSR count). The van der Waals surface area contributed by atoms with E-state index in [0.717, 1.165) is 32.1 Å². The van der Waals surface area contributed by atoms with Crippen molar-refractivity contribution < 1.29 is 9.90 Å². The molecule has 0 bridgehead atoms. The number of unbranched alkanes of at least 4 members (excludes halogenated alkanes) is 4. The highest BCUT2D eigenvalue weighted by Gasteiger charge is 2.19. The van der Waals surface area contributed by atoms with Crippen molar-refractivity contribution in [2.24, 2.45) is 0 Å². The van der Waals surface area contributed by atoms with Gasteiger partial charge in [-0.15, -0.1) is 0 Å². The topological polar surface area (TPSA) is 49.3 Å². The number of allylic oxidation sites excluding steroid dienone is 9. The second-order valence-corrected chi connectivity index (χ2v) is 7.07. The predicted molar refractivity (Wildman–Crippen MR) is 118 cm³/mol. The monoisotopic (exact) mass is 373 g/mol. The average molecular weight is 374 g/mol. The number of nitrogens with one attached hydrogen (secondary N) is 1. The molecule has 1 unspecified atom stereocenters. The lowest BCUT2D eigenvalue weighted by Crippen LogP contribution is -2.39. The van der Waals surface area contributed by atoms with Crippen LogP contribution in [-0.2, 0) is 4.79 Å². The van der Waals surface area contributed by atoms with Gasteiger partial charge in [-0.2, -0.15) is 0 Å². The maximum atomic E-state index is 11.7. The molecule has 0 spiro atoms. The smallest absolute Gasteiger partial charge is 0.243 e. The fraction of sp³-hybridized carbons (Fsp3) is 0.542. The van der Waals surface area contributed by atoms with Crippen molar-refractivity contribution in [2.45, 2.75) is 77.7 Å². The summed E-state index contributed by atoms with van der Waals surface area (Å²) in [6.07, 6.45) is 27.9. The number of carbonyl (C=O) groups excluding carboxylic acids is 1. The van der Waals surface area contributed by atoms with Gasteiger partial charge in [-0.3, -0.25) is 4.79 Å². The van der Waals surface area contributed by atoms with Gasteiger partial charge in [-0.1, -0.05) is 94.2 Å². The van der Waals surface area contributed by atoms with E-state index >= 15 is 0 Å². The first-order valence-electron chi connectivity index (χ1n) is 10.3. The minimum Gasteiger partial charge on any atom is -0.388 e. The molecule has 2 N–H and O–H groups in total. The minimum atomic E-state index is -0.825. The Morgan fingerprint density at radius 3 is 2.04 bits per heavy atom. The third kappa shape index (κ3) is 18.7. The van der Waals surface area contributed by atoms with Crippen molar-refractivity contribution in [1.29, 1.82) is 0 Å². The summed E-state index contributed by atoms with van der Waals surface area (Å²) in [6, 6.07) is 0. The van der Waals surface area contributed by atoms with Gasteiger partial charge in [0.25, 0.3) is 0 Å². The average Bonchev–Trinajstić information content (AvgIpc) is 2.65. The van der Waals surface area contributed by atoms with Gasteiger partial charge >= 0.3 is 0 Å². The Kier molecular flexibility index (Phi) is 16.3. The molecule has 1 amide bonds. The van der Waals surface area contributed by atoms with Gasteiger partial charge in [0.15, 0.2) is 0 Å². The molecule has 0 heterocycles. The largest absolute Gasteiger partial charge is 0.388 e. The van der Waals surface area contributed by atoms with E-state index in [2.05, 4.69) is 37.4 Å². The maximum absolute atomic E-state index is 11.7. The zero-order chi connectivity index (χ0) is 20.2. The van der Waals surface area contributed by atoms with Crippen LogP contribution in [0.25, 0.3) is 0 Å². The molecule has 0 fully saturated rings. The standard InChI is InChI=1S/C24H39NO2/c1-4-6-8-9-10-11-12-13-14-15-16-17-18-19-20-23(26)25-22-24(3,27)21-7-5-2/h9-16,19-20,27H,4-8,17-18,21-22H2,1-3H3,(H,25,26). The number of aliphatic hydroxyl groups is 1. The van der Waals surface area contributed by atoms with Crippen LogP contribution >= 0.6 is 0 Å². The highest BCUT2D eigenvalue weighted by atomic mass is 16.3. The fourth-order valence-corrected chi connectivity index (χ4v) is 2.29. The summed E-state index contributed by atoms with van der Waals surface area (Å²) >= 11 is 0. The maximum Gasteiger partial charge on any atom is 0.243 e. The lowest BCUT2D eigenvalue weighted by atomic mass is 9.99. The normalized spacial score (nSPS) is 15.0. The van der Waals surface area contributed by atoms with E-state index in [1.54, 1.807) is 13.0 Å². The summed E-state index contributed by atoms with van der Waals surface area (Å²) in [7, 11) is 0. The first-order chi connectivity index (χ1) is 13.0. The van der Waals surface area contributed by atoms with E-state index in [1.807, 2.05) is 36.5 Å². The number of amides is 1. The van der Waals surface area contributed by atoms with Crippen molar-refractivity contribution in [3.8, 4) is 0 Å². The van der Waals surface area contributed by atoms with Gasteiger partial charge in [0.1, 0.15) is 0 Å². The Hall–Kier alpha value is -1.87. The molecule has 3 nitrogen and oxygen atoms in total. The molecular weight excluding hydrogens is 334 g/mol. The van der Waals surface area contributed by atoms with Crippen LogP contribution in [0.3, 0.4) is 0 Å². The van der Waals surface area contributed by atoms with Crippen LogP contribution in [0.15, 0.2) is 60.8 Å². The van der Waals surface area contributed by atoms with Crippen LogP contribution in [-0.4, -0.2) is 23.2 Å². The van der Waals surface area contributed by atoms with E-state index in [9.17, 15) is 9.90 Å². The minimum absolute atomic E-state index is 0.146. The molecule has 0 saturated heterocycles. The van der Waals surface area contributed by atoms with Gasteiger partial charge < -0.3 is 10.4 Å². The van der Waals surface area contributed by atoms with Crippen molar-refractivity contribution in [2.75, 3.05) is 6.54 Å². The SMILES string of the molecule is CCCCC=CC=CC=CC=CCCC=CC(=O)NCC(C)(O)CCCC.